The van der Waals surface area contributed by atoms with Crippen LogP contribution >= 0.6 is 15.6 Å². The van der Waals surface area contributed by atoms with Crippen LogP contribution in [-0.4, -0.2) is 96.7 Å². The molecule has 0 aliphatic rings. The van der Waals surface area contributed by atoms with Crippen molar-refractivity contribution < 1.29 is 80.2 Å². The number of carbonyl (C=O) groups is 4. The Morgan fingerprint density at radius 3 is 0.950 bits per heavy atom. The molecule has 19 heteroatoms. The summed E-state index contributed by atoms with van der Waals surface area (Å²) in [6.45, 7) is 4.54. The molecule has 3 N–H and O–H groups in total. The number of esters is 4. The molecule has 0 aromatic heterocycles. The van der Waals surface area contributed by atoms with Crippen molar-refractivity contribution >= 4 is 39.5 Å². The fourth-order valence-corrected chi connectivity index (χ4v) is 11.6. The van der Waals surface area contributed by atoms with E-state index in [0.29, 0.717) is 25.7 Å². The van der Waals surface area contributed by atoms with Gasteiger partial charge in [-0.3, -0.25) is 37.3 Å². The third-order valence-corrected chi connectivity index (χ3v) is 17.8. The topological polar surface area (TPSA) is 237 Å². The summed E-state index contributed by atoms with van der Waals surface area (Å²) in [6.07, 6.45) is 79.4. The lowest BCUT2D eigenvalue weighted by atomic mass is 10.1. The summed E-state index contributed by atoms with van der Waals surface area (Å²) in [5.74, 6) is -2.35. The van der Waals surface area contributed by atoms with Gasteiger partial charge < -0.3 is 33.8 Å². The molecule has 0 rings (SSSR count). The molecule has 5 atom stereocenters. The second kappa shape index (κ2) is 72.8. The van der Waals surface area contributed by atoms with E-state index in [2.05, 4.69) is 125 Å². The number of allylic oxidation sites excluding steroid dienone is 19. The van der Waals surface area contributed by atoms with Crippen LogP contribution in [0.15, 0.2) is 122 Å². The van der Waals surface area contributed by atoms with E-state index in [0.717, 1.165) is 161 Å². The maximum absolute atomic E-state index is 13.1. The van der Waals surface area contributed by atoms with Crippen molar-refractivity contribution in [3.63, 3.8) is 0 Å². The quantitative estimate of drug-likeness (QED) is 0.0169. The molecule has 0 saturated carbocycles. The molecular weight excluding hydrogens is 1310 g/mol. The number of phosphoric ester groups is 2. The molecule has 0 heterocycles. The van der Waals surface area contributed by atoms with Crippen molar-refractivity contribution in [2.45, 2.75) is 329 Å². The Morgan fingerprint density at radius 1 is 0.300 bits per heavy atom. The first-order valence-electron chi connectivity index (χ1n) is 38.8. The van der Waals surface area contributed by atoms with Crippen LogP contribution in [0.4, 0.5) is 0 Å². The highest BCUT2D eigenvalue weighted by Crippen LogP contribution is 2.45. The second-order valence-corrected chi connectivity index (χ2v) is 28.5. The highest BCUT2D eigenvalue weighted by Gasteiger charge is 2.30. The molecule has 0 aromatic rings. The van der Waals surface area contributed by atoms with Crippen LogP contribution in [0.25, 0.3) is 0 Å². The van der Waals surface area contributed by atoms with Crippen LogP contribution in [0.1, 0.15) is 310 Å². The standard InChI is InChI=1S/C81H138O17P2/c1-5-9-13-17-21-25-29-32-35-36-37-38-41-43-47-50-54-58-62-66-79(84)92-72-77(98-81(86)68-64-60-56-52-48-44-40-34-31-27-23-19-15-11-7-3)74-96-100(89,90)94-70-75(82)69-93-99(87,88)95-73-76(97-80(85)67-63-59-55-51-45-28-24-20-16-12-8-4)71-91-78(83)65-61-57-53-49-46-42-39-33-30-26-22-18-14-10-6-2/h10,14,20-22,24-26,32-35,37-40,46,49,57,61,75-77,82H,5-9,11-13,15-19,23,27-31,36,41-45,47-48,50-56,58-60,62-74H2,1-4H3,(H,87,88)(H,89,90)/b14-10-,24-20-,25-21-,26-22-,35-32-,38-37-,39-33-,40-34-,49-46-,61-57-. The molecule has 0 bridgehead atoms. The van der Waals surface area contributed by atoms with Gasteiger partial charge in [0.2, 0.25) is 0 Å². The minimum atomic E-state index is -5.00. The molecule has 574 valence electrons. The average molecular weight is 1450 g/mol. The van der Waals surface area contributed by atoms with Gasteiger partial charge >= 0.3 is 39.5 Å². The molecule has 0 amide bonds. The molecule has 0 spiro atoms. The predicted octanol–water partition coefficient (Wildman–Crippen LogP) is 22.3. The zero-order chi connectivity index (χ0) is 73.2. The number of hydrogen-bond acceptors (Lipinski definition) is 15. The first-order valence-corrected chi connectivity index (χ1v) is 41.8. The Labute approximate surface area is 606 Å². The van der Waals surface area contributed by atoms with Gasteiger partial charge in [-0.05, 0) is 135 Å². The van der Waals surface area contributed by atoms with Crippen molar-refractivity contribution in [2.75, 3.05) is 39.6 Å². The van der Waals surface area contributed by atoms with Gasteiger partial charge in [0.25, 0.3) is 0 Å². The van der Waals surface area contributed by atoms with E-state index in [4.69, 9.17) is 37.0 Å². The van der Waals surface area contributed by atoms with Crippen molar-refractivity contribution in [1.82, 2.24) is 0 Å². The Bertz CT molecular complexity index is 2370. The molecule has 5 unspecified atom stereocenters. The van der Waals surface area contributed by atoms with Gasteiger partial charge in [-0.15, -0.1) is 0 Å². The summed E-state index contributed by atoms with van der Waals surface area (Å²) in [6, 6.07) is 0. The molecule has 0 saturated heterocycles. The Morgan fingerprint density at radius 2 is 0.570 bits per heavy atom. The summed E-state index contributed by atoms with van der Waals surface area (Å²) < 4.78 is 68.3. The molecule has 0 aromatic carbocycles. The number of carbonyl (C=O) groups excluding carboxylic acids is 4. The summed E-state index contributed by atoms with van der Waals surface area (Å²) >= 11 is 0. The van der Waals surface area contributed by atoms with Crippen molar-refractivity contribution in [3.05, 3.63) is 122 Å². The van der Waals surface area contributed by atoms with Crippen molar-refractivity contribution in [3.8, 4) is 0 Å². The Hall–Kier alpha value is -4.54. The van der Waals surface area contributed by atoms with Gasteiger partial charge in [-0.25, -0.2) is 9.13 Å². The van der Waals surface area contributed by atoms with E-state index in [1.807, 2.05) is 18.2 Å². The lowest BCUT2D eigenvalue weighted by molar-refractivity contribution is -0.161. The van der Waals surface area contributed by atoms with Crippen LogP contribution in [0.2, 0.25) is 0 Å². The van der Waals surface area contributed by atoms with Crippen LogP contribution < -0.4 is 0 Å². The highest BCUT2D eigenvalue weighted by atomic mass is 31.2. The van der Waals surface area contributed by atoms with E-state index < -0.39 is 97.5 Å². The fraction of sp³-hybridized carbons (Fsp3) is 0.704. The summed E-state index contributed by atoms with van der Waals surface area (Å²) in [7, 11) is -9.98. The van der Waals surface area contributed by atoms with E-state index in [9.17, 15) is 43.2 Å². The summed E-state index contributed by atoms with van der Waals surface area (Å²) in [5, 5.41) is 10.6. The van der Waals surface area contributed by atoms with E-state index in [1.165, 1.54) is 70.6 Å². The first kappa shape index (κ1) is 95.5. The highest BCUT2D eigenvalue weighted by molar-refractivity contribution is 7.47. The molecule has 0 aliphatic carbocycles. The van der Waals surface area contributed by atoms with Crippen LogP contribution in [0.5, 0.6) is 0 Å². The van der Waals surface area contributed by atoms with Gasteiger partial charge in [0, 0.05) is 19.3 Å². The lowest BCUT2D eigenvalue weighted by Crippen LogP contribution is -2.30. The first-order chi connectivity index (χ1) is 48.7. The molecule has 0 aliphatic heterocycles. The zero-order valence-corrected chi connectivity index (χ0v) is 64.4. The molecule has 0 fully saturated rings. The number of phosphoric acid groups is 2. The number of unbranched alkanes of at least 4 members (excludes halogenated alkanes) is 27. The number of ether oxygens (including phenoxy) is 4. The minimum absolute atomic E-state index is 0.0628. The Kier molecular flexibility index (Phi) is 69.5. The number of aliphatic hydroxyl groups excluding tert-OH is 1. The maximum Gasteiger partial charge on any atom is 0.472 e. The number of hydrogen-bond donors (Lipinski definition) is 3. The van der Waals surface area contributed by atoms with Crippen molar-refractivity contribution in [2.24, 2.45) is 0 Å². The Balaban J connectivity index is 5.40. The largest absolute Gasteiger partial charge is 0.472 e. The predicted molar refractivity (Wildman–Crippen MR) is 408 cm³/mol. The average Bonchev–Trinajstić information content (AvgIpc) is 0.945. The normalized spacial score (nSPS) is 14.6. The van der Waals surface area contributed by atoms with Gasteiger partial charge in [-0.1, -0.05) is 271 Å². The molecule has 100 heavy (non-hydrogen) atoms. The van der Waals surface area contributed by atoms with Crippen molar-refractivity contribution in [1.29, 1.82) is 0 Å². The number of aliphatic hydroxyl groups is 1. The maximum atomic E-state index is 13.1. The number of rotatable bonds is 72. The SMILES string of the molecule is CC/C=C\C/C=C\C/C=C\C/C=C\C/C=C\CC(=O)OCC(COP(=O)(O)OCC(O)COP(=O)(O)OCC(COC(=O)CCCCCCCC/C=C\C/C=C\C/C=C\CCCCC)OC(=O)CCCCCCC/C=C\CCCCCCCC)OC(=O)CCCCCCC/C=C\CCCC. The smallest absolute Gasteiger partial charge is 0.462 e. The van der Waals surface area contributed by atoms with Gasteiger partial charge in [-0.2, -0.15) is 0 Å². The third kappa shape index (κ3) is 71.8. The van der Waals surface area contributed by atoms with Crippen LogP contribution in [0, 0.1) is 0 Å². The van der Waals surface area contributed by atoms with Crippen LogP contribution in [0.3, 0.4) is 0 Å². The van der Waals surface area contributed by atoms with Gasteiger partial charge in [0.1, 0.15) is 19.3 Å². The molecule has 0 radical (unpaired) electrons. The van der Waals surface area contributed by atoms with Gasteiger partial charge in [0.05, 0.1) is 32.8 Å². The van der Waals surface area contributed by atoms with Gasteiger partial charge in [0.15, 0.2) is 12.2 Å². The monoisotopic (exact) mass is 1440 g/mol. The summed E-state index contributed by atoms with van der Waals surface area (Å²) in [5.41, 5.74) is 0. The third-order valence-electron chi connectivity index (χ3n) is 15.9. The van der Waals surface area contributed by atoms with Crippen LogP contribution in [-0.2, 0) is 65.4 Å². The van der Waals surface area contributed by atoms with E-state index in [1.54, 1.807) is 6.08 Å². The minimum Gasteiger partial charge on any atom is -0.462 e. The second-order valence-electron chi connectivity index (χ2n) is 25.6. The zero-order valence-electron chi connectivity index (χ0n) is 62.6. The van der Waals surface area contributed by atoms with E-state index in [-0.39, 0.29) is 25.7 Å². The lowest BCUT2D eigenvalue weighted by Gasteiger charge is -2.21. The summed E-state index contributed by atoms with van der Waals surface area (Å²) in [4.78, 5) is 72.8. The van der Waals surface area contributed by atoms with E-state index >= 15 is 0 Å². The molecule has 17 nitrogen and oxygen atoms in total. The molecular formula is C81H138O17P2. The fourth-order valence-electron chi connectivity index (χ4n) is 9.98.